The molecule has 192 valence electrons. The number of anilines is 1. The van der Waals surface area contributed by atoms with Crippen LogP contribution in [0, 0.1) is 17.5 Å². The van der Waals surface area contributed by atoms with E-state index in [0.717, 1.165) is 24.3 Å². The average Bonchev–Trinajstić information content (AvgIpc) is 2.96. The number of nitrogens with zero attached hydrogens (tertiary/aromatic N) is 3. The molecule has 1 amide bonds. The number of rotatable bonds is 5. The zero-order valence-electron chi connectivity index (χ0n) is 18.6. The number of amides is 1. The maximum absolute atomic E-state index is 15.1. The van der Waals surface area contributed by atoms with Crippen LogP contribution < -0.4 is 21.1 Å². The van der Waals surface area contributed by atoms with E-state index in [9.17, 15) is 31.5 Å². The van der Waals surface area contributed by atoms with Crippen LogP contribution in [-0.4, -0.2) is 45.6 Å². The Morgan fingerprint density at radius 2 is 1.83 bits per heavy atom. The molecule has 0 saturated heterocycles. The number of aromatic nitrogens is 3. The van der Waals surface area contributed by atoms with E-state index in [4.69, 9.17) is 4.74 Å². The first-order chi connectivity index (χ1) is 17.0. The highest BCUT2D eigenvalue weighted by Crippen LogP contribution is 2.31. The second-order valence-corrected chi connectivity index (χ2v) is 7.91. The molecule has 1 atom stereocenters. The lowest BCUT2D eigenvalue weighted by Gasteiger charge is -2.20. The van der Waals surface area contributed by atoms with Crippen LogP contribution in [0.25, 0.3) is 5.69 Å². The highest BCUT2D eigenvalue weighted by Gasteiger charge is 2.39. The molecule has 1 aromatic heterocycles. The number of alkyl halides is 3. The monoisotopic (exact) mass is 515 g/mol. The fourth-order valence-corrected chi connectivity index (χ4v) is 3.55. The Labute approximate surface area is 199 Å². The molecule has 3 aromatic rings. The second-order valence-electron chi connectivity index (χ2n) is 7.91. The third-order valence-electron chi connectivity index (χ3n) is 5.46. The maximum Gasteiger partial charge on any atom is 0.425 e. The summed E-state index contributed by atoms with van der Waals surface area (Å²) in [6.45, 7) is 1.84. The van der Waals surface area contributed by atoms with Crippen LogP contribution in [0.2, 0.25) is 0 Å². The predicted octanol–water partition coefficient (Wildman–Crippen LogP) is 3.18. The number of carbonyl (C=O) groups is 1. The Kier molecular flexibility index (Phi) is 6.80. The van der Waals surface area contributed by atoms with Gasteiger partial charge in [-0.3, -0.25) is 9.36 Å². The zero-order valence-corrected chi connectivity index (χ0v) is 18.6. The Bertz CT molecular complexity index is 1350. The lowest BCUT2D eigenvalue weighted by atomic mass is 10.1. The highest BCUT2D eigenvalue weighted by molar-refractivity contribution is 6.06. The smallest absolute Gasteiger partial charge is 0.425 e. The summed E-state index contributed by atoms with van der Waals surface area (Å²) >= 11 is 0. The number of nitrogens with one attached hydrogen (secondary N) is 2. The summed E-state index contributed by atoms with van der Waals surface area (Å²) in [5, 5.41) is 9.03. The van der Waals surface area contributed by atoms with Crippen molar-refractivity contribution in [3.8, 4) is 11.4 Å². The third-order valence-corrected chi connectivity index (χ3v) is 5.46. The number of fused-ring (bicyclic) bond motifs is 1. The predicted molar refractivity (Wildman–Crippen MR) is 115 cm³/mol. The maximum atomic E-state index is 15.1. The van der Waals surface area contributed by atoms with Gasteiger partial charge in [-0.05, 0) is 25.1 Å². The molecule has 4 rings (SSSR count). The molecule has 36 heavy (non-hydrogen) atoms. The van der Waals surface area contributed by atoms with Crippen LogP contribution in [0.3, 0.4) is 0 Å². The van der Waals surface area contributed by atoms with Gasteiger partial charge in [0.25, 0.3) is 5.91 Å². The second kappa shape index (κ2) is 9.68. The number of benzene rings is 2. The summed E-state index contributed by atoms with van der Waals surface area (Å²) in [5.41, 5.74) is -2.97. The average molecular weight is 515 g/mol. The first-order valence-electron chi connectivity index (χ1n) is 10.7. The minimum atomic E-state index is -4.87. The summed E-state index contributed by atoms with van der Waals surface area (Å²) in [5.74, 6) is -5.31. The quantitative estimate of drug-likeness (QED) is 0.510. The van der Waals surface area contributed by atoms with Crippen molar-refractivity contribution in [2.45, 2.75) is 32.2 Å². The molecule has 0 fully saturated rings. The minimum Gasteiger partial charge on any atom is -0.480 e. The van der Waals surface area contributed by atoms with Gasteiger partial charge in [0.1, 0.15) is 40.4 Å². The normalized spacial score (nSPS) is 14.6. The van der Waals surface area contributed by atoms with Gasteiger partial charge in [-0.15, -0.1) is 5.10 Å². The molecular weight excluding hydrogens is 496 g/mol. The summed E-state index contributed by atoms with van der Waals surface area (Å²) in [6.07, 6.45) is -6.98. The molecule has 8 nitrogen and oxygen atoms in total. The number of hydrogen-bond donors (Lipinski definition) is 2. The van der Waals surface area contributed by atoms with Crippen molar-refractivity contribution < 1.29 is 35.9 Å². The SMILES string of the molecule is C[C@H](Oc1cc(-n2nc3n(c2=O)CCNCC3)c(F)cc1C(=O)Nc1c(F)cccc1F)C(F)(F)F. The highest BCUT2D eigenvalue weighted by atomic mass is 19.4. The van der Waals surface area contributed by atoms with Crippen LogP contribution in [0.5, 0.6) is 5.75 Å². The van der Waals surface area contributed by atoms with Crippen LogP contribution >= 0.6 is 0 Å². The molecule has 1 aliphatic heterocycles. The van der Waals surface area contributed by atoms with Crippen LogP contribution in [0.4, 0.5) is 32.0 Å². The molecule has 14 heteroatoms. The van der Waals surface area contributed by atoms with Gasteiger partial charge >= 0.3 is 11.9 Å². The summed E-state index contributed by atoms with van der Waals surface area (Å²) in [6, 6.07) is 3.96. The molecule has 0 spiro atoms. The van der Waals surface area contributed by atoms with E-state index < -0.39 is 64.0 Å². The molecular formula is C22H19F6N5O3. The van der Waals surface area contributed by atoms with Gasteiger partial charge in [-0.25, -0.2) is 18.0 Å². The topological polar surface area (TPSA) is 90.2 Å². The Morgan fingerprint density at radius 1 is 1.14 bits per heavy atom. The largest absolute Gasteiger partial charge is 0.480 e. The molecule has 2 N–H and O–H groups in total. The van der Waals surface area contributed by atoms with Gasteiger partial charge < -0.3 is 15.4 Å². The van der Waals surface area contributed by atoms with Crippen LogP contribution in [0.1, 0.15) is 23.1 Å². The zero-order chi connectivity index (χ0) is 26.2. The number of carbonyl (C=O) groups excluding carboxylic acids is 1. The first kappa shape index (κ1) is 25.3. The van der Waals surface area contributed by atoms with Crippen molar-refractivity contribution in [1.29, 1.82) is 0 Å². The molecule has 0 unspecified atom stereocenters. The van der Waals surface area contributed by atoms with Gasteiger partial charge in [0.05, 0.1) is 5.56 Å². The third kappa shape index (κ3) is 4.94. The standard InChI is InChI=1S/C22H19F6N5O3/c1-11(22(26,27)28)36-17-10-16(33-21(35)32-8-7-29-6-5-18(32)31-33)15(25)9-12(17)20(34)30-19-13(23)3-2-4-14(19)24/h2-4,9-11,29H,5-8H2,1H3,(H,30,34)/t11-/m0/s1. The van der Waals surface area contributed by atoms with Gasteiger partial charge in [0, 0.05) is 32.1 Å². The van der Waals surface area contributed by atoms with Gasteiger partial charge in [-0.1, -0.05) is 6.07 Å². The molecule has 2 aromatic carbocycles. The van der Waals surface area contributed by atoms with Crippen molar-refractivity contribution in [3.63, 3.8) is 0 Å². The lowest BCUT2D eigenvalue weighted by Crippen LogP contribution is -2.32. The summed E-state index contributed by atoms with van der Waals surface area (Å²) in [4.78, 5) is 25.6. The van der Waals surface area contributed by atoms with Gasteiger partial charge in [0.2, 0.25) is 0 Å². The molecule has 0 aliphatic carbocycles. The summed E-state index contributed by atoms with van der Waals surface area (Å²) < 4.78 is 89.6. The van der Waals surface area contributed by atoms with E-state index in [1.54, 1.807) is 0 Å². The van der Waals surface area contributed by atoms with Crippen LogP contribution in [-0.2, 0) is 13.0 Å². The fraction of sp³-hybridized carbons (Fsp3) is 0.318. The Morgan fingerprint density at radius 3 is 2.50 bits per heavy atom. The summed E-state index contributed by atoms with van der Waals surface area (Å²) in [7, 11) is 0. The first-order valence-corrected chi connectivity index (χ1v) is 10.7. The molecule has 2 heterocycles. The van der Waals surface area contributed by atoms with Crippen LogP contribution in [0.15, 0.2) is 35.1 Å². The van der Waals surface area contributed by atoms with E-state index in [1.165, 1.54) is 4.57 Å². The van der Waals surface area contributed by atoms with Gasteiger partial charge in [-0.2, -0.15) is 17.9 Å². The fourth-order valence-electron chi connectivity index (χ4n) is 3.55. The van der Waals surface area contributed by atoms with Crippen molar-refractivity contribution in [2.24, 2.45) is 0 Å². The molecule has 0 radical (unpaired) electrons. The number of halogens is 6. The van der Waals surface area contributed by atoms with E-state index in [1.807, 2.05) is 5.32 Å². The lowest BCUT2D eigenvalue weighted by molar-refractivity contribution is -0.189. The minimum absolute atomic E-state index is 0.235. The molecule has 0 bridgehead atoms. The van der Waals surface area contributed by atoms with E-state index in [-0.39, 0.29) is 6.54 Å². The van der Waals surface area contributed by atoms with Crippen molar-refractivity contribution in [3.05, 3.63) is 69.7 Å². The van der Waals surface area contributed by atoms with Gasteiger partial charge in [0.15, 0.2) is 6.10 Å². The number of ether oxygens (including phenoxy) is 1. The van der Waals surface area contributed by atoms with Crippen molar-refractivity contribution in [2.75, 3.05) is 18.4 Å². The van der Waals surface area contributed by atoms with E-state index >= 15 is 4.39 Å². The molecule has 1 aliphatic rings. The van der Waals surface area contributed by atoms with E-state index in [2.05, 4.69) is 10.4 Å². The molecule has 0 saturated carbocycles. The van der Waals surface area contributed by atoms with Crippen molar-refractivity contribution >= 4 is 11.6 Å². The number of hydrogen-bond acceptors (Lipinski definition) is 5. The Balaban J connectivity index is 1.80. The van der Waals surface area contributed by atoms with E-state index in [0.29, 0.717) is 43.0 Å². The number of para-hydroxylation sites is 1. The van der Waals surface area contributed by atoms with Crippen molar-refractivity contribution in [1.82, 2.24) is 19.7 Å². The Hall–Kier alpha value is -3.81.